The van der Waals surface area contributed by atoms with Crippen molar-refractivity contribution in [3.05, 3.63) is 58.4 Å². The first-order valence-electron chi connectivity index (χ1n) is 8.92. The third-order valence-corrected chi connectivity index (χ3v) is 5.79. The first-order chi connectivity index (χ1) is 12.2. The second-order valence-electron chi connectivity index (χ2n) is 7.17. The van der Waals surface area contributed by atoms with Crippen LogP contribution in [0.5, 0.6) is 0 Å². The van der Waals surface area contributed by atoms with Gasteiger partial charge in [-0.3, -0.25) is 18.9 Å². The molecule has 0 unspecified atom stereocenters. The quantitative estimate of drug-likeness (QED) is 0.715. The zero-order chi connectivity index (χ0) is 17.0. The van der Waals surface area contributed by atoms with Gasteiger partial charge in [-0.25, -0.2) is 4.98 Å². The van der Waals surface area contributed by atoms with E-state index in [1.54, 1.807) is 0 Å². The van der Waals surface area contributed by atoms with Crippen LogP contribution in [0.3, 0.4) is 0 Å². The summed E-state index contributed by atoms with van der Waals surface area (Å²) in [6.45, 7) is 1.62. The molecule has 6 heteroatoms. The summed E-state index contributed by atoms with van der Waals surface area (Å²) in [6.07, 6.45) is 5.00. The smallest absolute Gasteiger partial charge is 0.261 e. The second-order valence-corrected chi connectivity index (χ2v) is 7.17. The Kier molecular flexibility index (Phi) is 3.28. The summed E-state index contributed by atoms with van der Waals surface area (Å²) in [4.78, 5) is 20.3. The molecule has 2 atom stereocenters. The molecular formula is C19H21N5O. The van der Waals surface area contributed by atoms with Gasteiger partial charge in [0.25, 0.3) is 5.56 Å². The van der Waals surface area contributed by atoms with Crippen molar-refractivity contribution >= 4 is 10.9 Å². The maximum Gasteiger partial charge on any atom is 0.261 e. The van der Waals surface area contributed by atoms with E-state index in [-0.39, 0.29) is 5.56 Å². The van der Waals surface area contributed by atoms with E-state index >= 15 is 0 Å². The molecule has 2 aliphatic heterocycles. The average Bonchev–Trinajstić information content (AvgIpc) is 3.13. The van der Waals surface area contributed by atoms with Crippen LogP contribution in [0, 0.1) is 0 Å². The van der Waals surface area contributed by atoms with Crippen LogP contribution >= 0.6 is 0 Å². The Labute approximate surface area is 145 Å². The SMILES string of the molecule is Cn1nccc1CN1[C@@H]2CC[C@H]1Cc1nc3ccccc3c(=O)n1C2. The number of hydrogen-bond donors (Lipinski definition) is 0. The molecule has 3 aromatic rings. The van der Waals surface area contributed by atoms with Crippen molar-refractivity contribution in [3.63, 3.8) is 0 Å². The summed E-state index contributed by atoms with van der Waals surface area (Å²) in [5.41, 5.74) is 2.14. The van der Waals surface area contributed by atoms with Gasteiger partial charge >= 0.3 is 0 Å². The number of aryl methyl sites for hydroxylation is 1. The zero-order valence-electron chi connectivity index (χ0n) is 14.3. The third-order valence-electron chi connectivity index (χ3n) is 5.79. The summed E-state index contributed by atoms with van der Waals surface area (Å²) in [6, 6.07) is 10.6. The number of benzene rings is 1. The number of aromatic nitrogens is 4. The molecule has 25 heavy (non-hydrogen) atoms. The first kappa shape index (κ1) is 14.8. The van der Waals surface area contributed by atoms with Gasteiger partial charge in [-0.1, -0.05) is 12.1 Å². The Morgan fingerprint density at radius 1 is 1.16 bits per heavy atom. The van der Waals surface area contributed by atoms with Crippen molar-refractivity contribution in [1.29, 1.82) is 0 Å². The average molecular weight is 335 g/mol. The molecule has 128 valence electrons. The molecule has 5 rings (SSSR count). The van der Waals surface area contributed by atoms with E-state index in [1.165, 1.54) is 12.1 Å². The van der Waals surface area contributed by atoms with Crippen molar-refractivity contribution < 1.29 is 0 Å². The minimum Gasteiger partial charge on any atom is -0.294 e. The van der Waals surface area contributed by atoms with Crippen molar-refractivity contribution in [2.75, 3.05) is 0 Å². The molecule has 6 nitrogen and oxygen atoms in total. The highest BCUT2D eigenvalue weighted by molar-refractivity contribution is 5.77. The summed E-state index contributed by atoms with van der Waals surface area (Å²) >= 11 is 0. The monoisotopic (exact) mass is 335 g/mol. The Morgan fingerprint density at radius 2 is 2.00 bits per heavy atom. The van der Waals surface area contributed by atoms with Crippen LogP contribution in [0.1, 0.15) is 24.4 Å². The minimum atomic E-state index is 0.105. The third kappa shape index (κ3) is 2.32. The molecule has 4 heterocycles. The van der Waals surface area contributed by atoms with Crippen molar-refractivity contribution in [3.8, 4) is 0 Å². The summed E-state index contributed by atoms with van der Waals surface area (Å²) in [5, 5.41) is 5.01. The Bertz CT molecular complexity index is 1000. The van der Waals surface area contributed by atoms with Crippen molar-refractivity contribution in [1.82, 2.24) is 24.2 Å². The molecule has 0 spiro atoms. The molecule has 0 N–H and O–H groups in total. The van der Waals surface area contributed by atoms with Crippen LogP contribution in [0.4, 0.5) is 0 Å². The molecule has 2 bridgehead atoms. The van der Waals surface area contributed by atoms with Gasteiger partial charge in [-0.2, -0.15) is 5.10 Å². The number of fused-ring (bicyclic) bond motifs is 4. The lowest BCUT2D eigenvalue weighted by Crippen LogP contribution is -2.37. The number of nitrogens with zero attached hydrogens (tertiary/aromatic N) is 5. The van der Waals surface area contributed by atoms with E-state index in [1.807, 2.05) is 46.8 Å². The zero-order valence-corrected chi connectivity index (χ0v) is 14.3. The van der Waals surface area contributed by atoms with E-state index in [9.17, 15) is 4.79 Å². The van der Waals surface area contributed by atoms with Gasteiger partial charge in [-0.15, -0.1) is 0 Å². The van der Waals surface area contributed by atoms with E-state index in [2.05, 4.69) is 16.1 Å². The predicted octanol–water partition coefficient (Wildman–Crippen LogP) is 1.72. The fourth-order valence-corrected chi connectivity index (χ4v) is 4.41. The predicted molar refractivity (Wildman–Crippen MR) is 95.3 cm³/mol. The lowest BCUT2D eigenvalue weighted by Gasteiger charge is -2.27. The fraction of sp³-hybridized carbons (Fsp3) is 0.421. The standard InChI is InChI=1S/C19H21N5O/c1-22-14(8-9-20-22)11-23-13-6-7-15(23)12-24-18(10-13)21-17-5-3-2-4-16(17)19(24)25/h2-5,8-9,13,15H,6-7,10-12H2,1H3/t13-,15+/m0/s1. The number of para-hydroxylation sites is 1. The van der Waals surface area contributed by atoms with Gasteiger partial charge in [0, 0.05) is 44.8 Å². The minimum absolute atomic E-state index is 0.105. The largest absolute Gasteiger partial charge is 0.294 e. The van der Waals surface area contributed by atoms with Gasteiger partial charge in [0.1, 0.15) is 5.82 Å². The van der Waals surface area contributed by atoms with Crippen molar-refractivity contribution in [2.45, 2.75) is 44.4 Å². The van der Waals surface area contributed by atoms with Gasteiger partial charge < -0.3 is 0 Å². The summed E-state index contributed by atoms with van der Waals surface area (Å²) < 4.78 is 3.86. The number of hydrogen-bond acceptors (Lipinski definition) is 4. The van der Waals surface area contributed by atoms with Gasteiger partial charge in [0.05, 0.1) is 16.6 Å². The topological polar surface area (TPSA) is 56.0 Å². The Balaban J connectivity index is 1.56. The van der Waals surface area contributed by atoms with Crippen molar-refractivity contribution in [2.24, 2.45) is 7.05 Å². The van der Waals surface area contributed by atoms with Gasteiger partial charge in [0.15, 0.2) is 0 Å². The van der Waals surface area contributed by atoms with Crippen LogP contribution in [-0.4, -0.2) is 36.3 Å². The first-order valence-corrected chi connectivity index (χ1v) is 8.92. The Hall–Kier alpha value is -2.47. The fourth-order valence-electron chi connectivity index (χ4n) is 4.41. The van der Waals surface area contributed by atoms with E-state index < -0.39 is 0 Å². The van der Waals surface area contributed by atoms with Gasteiger partial charge in [0.2, 0.25) is 0 Å². The van der Waals surface area contributed by atoms with Crippen LogP contribution in [0.2, 0.25) is 0 Å². The van der Waals surface area contributed by atoms with E-state index in [0.717, 1.165) is 42.7 Å². The number of rotatable bonds is 2. The maximum absolute atomic E-state index is 13.0. The summed E-state index contributed by atoms with van der Waals surface area (Å²) in [5.74, 6) is 0.936. The lowest BCUT2D eigenvalue weighted by molar-refractivity contribution is 0.176. The summed E-state index contributed by atoms with van der Waals surface area (Å²) in [7, 11) is 1.99. The molecule has 0 amide bonds. The highest BCUT2D eigenvalue weighted by atomic mass is 16.1. The highest BCUT2D eigenvalue weighted by Gasteiger charge is 2.38. The van der Waals surface area contributed by atoms with Gasteiger partial charge in [-0.05, 0) is 31.0 Å². The molecule has 2 aliphatic rings. The molecule has 1 saturated heterocycles. The second kappa shape index (κ2) is 5.52. The maximum atomic E-state index is 13.0. The molecule has 2 aromatic heterocycles. The van der Waals surface area contributed by atoms with Crippen LogP contribution < -0.4 is 5.56 Å². The highest BCUT2D eigenvalue weighted by Crippen LogP contribution is 2.32. The molecule has 1 fully saturated rings. The Morgan fingerprint density at radius 3 is 2.84 bits per heavy atom. The molecule has 0 aliphatic carbocycles. The molecule has 0 radical (unpaired) electrons. The lowest BCUT2D eigenvalue weighted by atomic mass is 10.1. The molecule has 1 aromatic carbocycles. The molecular weight excluding hydrogens is 314 g/mol. The van der Waals surface area contributed by atoms with E-state index in [0.29, 0.717) is 12.1 Å². The molecule has 0 saturated carbocycles. The van der Waals surface area contributed by atoms with Crippen LogP contribution in [0.15, 0.2) is 41.3 Å². The van der Waals surface area contributed by atoms with Crippen LogP contribution in [-0.2, 0) is 26.6 Å². The van der Waals surface area contributed by atoms with E-state index in [4.69, 9.17) is 4.98 Å². The van der Waals surface area contributed by atoms with Crippen LogP contribution in [0.25, 0.3) is 10.9 Å². The normalized spacial score (nSPS) is 22.9.